The van der Waals surface area contributed by atoms with Crippen LogP contribution < -0.4 is 0 Å². The molecule has 3 fully saturated rings. The third kappa shape index (κ3) is 3.45. The van der Waals surface area contributed by atoms with Gasteiger partial charge in [-0.3, -0.25) is 14.5 Å². The van der Waals surface area contributed by atoms with Gasteiger partial charge in [0.05, 0.1) is 32.1 Å². The van der Waals surface area contributed by atoms with Crippen molar-refractivity contribution in [3.05, 3.63) is 17.0 Å². The molecule has 1 aromatic heterocycles. The van der Waals surface area contributed by atoms with Crippen LogP contribution in [0, 0.1) is 31.6 Å². The first kappa shape index (κ1) is 17.0. The Bertz CT molecular complexity index is 606. The first-order chi connectivity index (χ1) is 12.1. The van der Waals surface area contributed by atoms with E-state index in [4.69, 9.17) is 14.1 Å². The first-order valence-corrected chi connectivity index (χ1v) is 9.27. The number of aryl methyl sites for hydroxylation is 2. The maximum Gasteiger partial charge on any atom is 0.246 e. The fraction of sp³-hybridized carbons (Fsp3) is 0.778. The van der Waals surface area contributed by atoms with Crippen LogP contribution in [0.4, 0.5) is 0 Å². The standard InChI is InChI=1S/C18H27N3O4/c1-12-16(13(2)25-19-12)8-20-7-15-11-23-10-14(17(15)9-20)6-18(22)21-4-3-5-24-21/h14-15,17H,3-11H2,1-2H3/t14-,15-,17+/m1/s1. The molecule has 4 rings (SSSR count). The summed E-state index contributed by atoms with van der Waals surface area (Å²) in [6.45, 7) is 9.71. The molecule has 0 unspecified atom stereocenters. The number of ether oxygens (including phenoxy) is 1. The molecular formula is C18H27N3O4. The van der Waals surface area contributed by atoms with Crippen LogP contribution in [-0.2, 0) is 20.9 Å². The highest BCUT2D eigenvalue weighted by atomic mass is 16.7. The quantitative estimate of drug-likeness (QED) is 0.821. The number of aromatic nitrogens is 1. The van der Waals surface area contributed by atoms with Crippen molar-refractivity contribution in [2.24, 2.45) is 17.8 Å². The van der Waals surface area contributed by atoms with E-state index in [0.29, 0.717) is 31.5 Å². The Hall–Kier alpha value is -1.44. The van der Waals surface area contributed by atoms with E-state index in [0.717, 1.165) is 50.7 Å². The highest BCUT2D eigenvalue weighted by Gasteiger charge is 2.42. The van der Waals surface area contributed by atoms with E-state index >= 15 is 0 Å². The van der Waals surface area contributed by atoms with Gasteiger partial charge in [-0.05, 0) is 38.0 Å². The zero-order valence-corrected chi connectivity index (χ0v) is 15.1. The van der Waals surface area contributed by atoms with Gasteiger partial charge < -0.3 is 9.26 Å². The summed E-state index contributed by atoms with van der Waals surface area (Å²) in [7, 11) is 0. The summed E-state index contributed by atoms with van der Waals surface area (Å²) in [6.07, 6.45) is 1.46. The number of hydroxylamine groups is 2. The smallest absolute Gasteiger partial charge is 0.246 e. The zero-order chi connectivity index (χ0) is 17.4. The minimum absolute atomic E-state index is 0.107. The van der Waals surface area contributed by atoms with Gasteiger partial charge in [-0.15, -0.1) is 0 Å². The second-order valence-corrected chi connectivity index (χ2v) is 7.61. The van der Waals surface area contributed by atoms with Crippen LogP contribution in [0.25, 0.3) is 0 Å². The number of likely N-dealkylation sites (tertiary alicyclic amines) is 1. The van der Waals surface area contributed by atoms with Crippen molar-refractivity contribution in [2.45, 2.75) is 33.2 Å². The molecule has 25 heavy (non-hydrogen) atoms. The minimum atomic E-state index is 0.107. The highest BCUT2D eigenvalue weighted by Crippen LogP contribution is 2.37. The molecule has 1 aromatic rings. The number of nitrogens with zero attached hydrogens (tertiary/aromatic N) is 3. The van der Waals surface area contributed by atoms with Crippen molar-refractivity contribution in [3.63, 3.8) is 0 Å². The van der Waals surface area contributed by atoms with Gasteiger partial charge in [0, 0.05) is 31.6 Å². The molecule has 0 spiro atoms. The molecule has 0 aromatic carbocycles. The van der Waals surface area contributed by atoms with E-state index in [1.807, 2.05) is 13.8 Å². The van der Waals surface area contributed by atoms with Crippen LogP contribution in [0.15, 0.2) is 4.52 Å². The molecule has 0 saturated carbocycles. The van der Waals surface area contributed by atoms with Crippen LogP contribution >= 0.6 is 0 Å². The van der Waals surface area contributed by atoms with Crippen LogP contribution in [0.2, 0.25) is 0 Å². The van der Waals surface area contributed by atoms with Crippen LogP contribution in [0.3, 0.4) is 0 Å². The number of carbonyl (C=O) groups excluding carboxylic acids is 1. The Morgan fingerprint density at radius 3 is 2.88 bits per heavy atom. The number of hydrogen-bond donors (Lipinski definition) is 0. The van der Waals surface area contributed by atoms with Crippen molar-refractivity contribution in [2.75, 3.05) is 39.5 Å². The summed E-state index contributed by atoms with van der Waals surface area (Å²) < 4.78 is 11.1. The van der Waals surface area contributed by atoms with Crippen LogP contribution in [-0.4, -0.2) is 60.5 Å². The SMILES string of the molecule is Cc1noc(C)c1CN1C[C@@H]2COC[C@@H](CC(=O)N3CCCO3)[C@@H]2C1. The van der Waals surface area contributed by atoms with Gasteiger partial charge in [0.2, 0.25) is 5.91 Å². The fourth-order valence-electron chi connectivity index (χ4n) is 4.45. The molecule has 0 radical (unpaired) electrons. The van der Waals surface area contributed by atoms with Crippen molar-refractivity contribution in [1.82, 2.24) is 15.1 Å². The van der Waals surface area contributed by atoms with Gasteiger partial charge in [0.25, 0.3) is 0 Å². The van der Waals surface area contributed by atoms with E-state index in [2.05, 4.69) is 10.1 Å². The summed E-state index contributed by atoms with van der Waals surface area (Å²) in [5.41, 5.74) is 2.17. The normalized spacial score (nSPS) is 30.0. The lowest BCUT2D eigenvalue weighted by Crippen LogP contribution is -2.38. The monoisotopic (exact) mass is 349 g/mol. The molecule has 7 nitrogen and oxygen atoms in total. The lowest BCUT2D eigenvalue weighted by atomic mass is 9.81. The fourth-order valence-corrected chi connectivity index (χ4v) is 4.45. The van der Waals surface area contributed by atoms with Crippen LogP contribution in [0.5, 0.6) is 0 Å². The lowest BCUT2D eigenvalue weighted by molar-refractivity contribution is -0.171. The molecule has 0 N–H and O–H groups in total. The van der Waals surface area contributed by atoms with E-state index in [9.17, 15) is 4.79 Å². The van der Waals surface area contributed by atoms with Gasteiger partial charge in [-0.1, -0.05) is 5.16 Å². The van der Waals surface area contributed by atoms with E-state index in [1.165, 1.54) is 5.56 Å². The van der Waals surface area contributed by atoms with Gasteiger partial charge in [0.15, 0.2) is 0 Å². The molecule has 0 aliphatic carbocycles. The van der Waals surface area contributed by atoms with Crippen molar-refractivity contribution in [1.29, 1.82) is 0 Å². The molecule has 3 aliphatic rings. The number of carbonyl (C=O) groups is 1. The van der Waals surface area contributed by atoms with Gasteiger partial charge in [-0.2, -0.15) is 0 Å². The molecule has 3 aliphatic heterocycles. The predicted octanol–water partition coefficient (Wildman–Crippen LogP) is 1.54. The summed E-state index contributed by atoms with van der Waals surface area (Å²) in [5.74, 6) is 2.31. The second-order valence-electron chi connectivity index (χ2n) is 7.61. The van der Waals surface area contributed by atoms with E-state index in [1.54, 1.807) is 5.06 Å². The van der Waals surface area contributed by atoms with Gasteiger partial charge in [0.1, 0.15) is 5.76 Å². The number of amides is 1. The third-order valence-electron chi connectivity index (χ3n) is 5.87. The third-order valence-corrected chi connectivity index (χ3v) is 5.87. The maximum atomic E-state index is 12.4. The lowest BCUT2D eigenvalue weighted by Gasteiger charge is -2.33. The summed E-state index contributed by atoms with van der Waals surface area (Å²) in [6, 6.07) is 0. The average molecular weight is 349 g/mol. The van der Waals surface area contributed by atoms with Gasteiger partial charge >= 0.3 is 0 Å². The average Bonchev–Trinajstić information content (AvgIpc) is 3.32. The van der Waals surface area contributed by atoms with Crippen molar-refractivity contribution >= 4 is 5.91 Å². The first-order valence-electron chi connectivity index (χ1n) is 9.27. The minimum Gasteiger partial charge on any atom is -0.381 e. The summed E-state index contributed by atoms with van der Waals surface area (Å²) >= 11 is 0. The Morgan fingerprint density at radius 2 is 2.16 bits per heavy atom. The largest absolute Gasteiger partial charge is 0.381 e. The highest BCUT2D eigenvalue weighted by molar-refractivity contribution is 5.75. The number of hydrogen-bond acceptors (Lipinski definition) is 6. The molecule has 3 atom stereocenters. The molecule has 138 valence electrons. The molecule has 7 heteroatoms. The summed E-state index contributed by atoms with van der Waals surface area (Å²) in [4.78, 5) is 20.3. The Labute approximate surface area is 148 Å². The zero-order valence-electron chi connectivity index (χ0n) is 15.1. The predicted molar refractivity (Wildman–Crippen MR) is 89.4 cm³/mol. The number of fused-ring (bicyclic) bond motifs is 1. The Kier molecular flexibility index (Phi) is 4.80. The maximum absolute atomic E-state index is 12.4. The van der Waals surface area contributed by atoms with Crippen molar-refractivity contribution in [3.8, 4) is 0 Å². The molecular weight excluding hydrogens is 322 g/mol. The van der Waals surface area contributed by atoms with Crippen LogP contribution in [0.1, 0.15) is 29.9 Å². The Balaban J connectivity index is 1.39. The topological polar surface area (TPSA) is 68.0 Å². The molecule has 3 saturated heterocycles. The van der Waals surface area contributed by atoms with E-state index < -0.39 is 0 Å². The van der Waals surface area contributed by atoms with Gasteiger partial charge in [-0.25, -0.2) is 5.06 Å². The molecule has 0 bridgehead atoms. The second kappa shape index (κ2) is 7.05. The summed E-state index contributed by atoms with van der Waals surface area (Å²) in [5, 5.41) is 5.60. The Morgan fingerprint density at radius 1 is 1.28 bits per heavy atom. The van der Waals surface area contributed by atoms with Crippen molar-refractivity contribution < 1.29 is 18.9 Å². The molecule has 4 heterocycles. The molecule has 1 amide bonds. The number of rotatable bonds is 4. The van der Waals surface area contributed by atoms with E-state index in [-0.39, 0.29) is 11.8 Å².